The van der Waals surface area contributed by atoms with Crippen molar-refractivity contribution in [3.63, 3.8) is 0 Å². The molecular weight excluding hydrogens is 450 g/mol. The molecule has 0 radical (unpaired) electrons. The number of aliphatic hydroxyl groups excluding tert-OH is 1. The largest absolute Gasteiger partial charge is 0.394 e. The molecule has 2 aromatic heterocycles. The third-order valence-corrected chi connectivity index (χ3v) is 6.08. The molecule has 0 saturated carbocycles. The van der Waals surface area contributed by atoms with E-state index in [2.05, 4.69) is 31.3 Å². The lowest BCUT2D eigenvalue weighted by Crippen LogP contribution is -2.47. The lowest BCUT2D eigenvalue weighted by Gasteiger charge is -2.28. The zero-order valence-electron chi connectivity index (χ0n) is 17.1. The minimum atomic E-state index is -0.752. The number of carbonyl (C=O) groups is 2. The van der Waals surface area contributed by atoms with E-state index in [-0.39, 0.29) is 18.4 Å². The molecule has 3 heterocycles. The number of fused-ring (bicyclic) bond motifs is 2. The zero-order valence-corrected chi connectivity index (χ0v) is 18.7. The van der Waals surface area contributed by atoms with Crippen molar-refractivity contribution in [2.75, 3.05) is 13.2 Å². The summed E-state index contributed by atoms with van der Waals surface area (Å²) in [4.78, 5) is 31.0. The number of hydrogen-bond donors (Lipinski definition) is 3. The molecule has 30 heavy (non-hydrogen) atoms. The standard InChI is InChI=1S/C21H24BrN5O3/c1-21(2,11-28)24-19(29)18-14-10-27(7-6-17(14)25-26(18)3)20(30)12-4-5-16-13(8-12)15(22)9-23-16/h4-5,8-9,23,28H,6-7,10-11H2,1-3H3,(H,24,29). The van der Waals surface area contributed by atoms with Crippen molar-refractivity contribution in [3.05, 3.63) is 51.4 Å². The first-order chi connectivity index (χ1) is 14.2. The van der Waals surface area contributed by atoms with Gasteiger partial charge in [-0.25, -0.2) is 0 Å². The fourth-order valence-corrected chi connectivity index (χ4v) is 4.21. The van der Waals surface area contributed by atoms with Crippen LogP contribution in [0.4, 0.5) is 0 Å². The van der Waals surface area contributed by atoms with Gasteiger partial charge in [-0.05, 0) is 48.0 Å². The number of aryl methyl sites for hydroxylation is 1. The van der Waals surface area contributed by atoms with Crippen molar-refractivity contribution in [2.45, 2.75) is 32.4 Å². The Morgan fingerprint density at radius 1 is 1.37 bits per heavy atom. The molecular formula is C21H24BrN5O3. The molecule has 0 bridgehead atoms. The van der Waals surface area contributed by atoms with Crippen LogP contribution in [0.15, 0.2) is 28.9 Å². The molecule has 0 atom stereocenters. The topological polar surface area (TPSA) is 103 Å². The smallest absolute Gasteiger partial charge is 0.270 e. The van der Waals surface area contributed by atoms with Gasteiger partial charge in [0.15, 0.2) is 0 Å². The quantitative estimate of drug-likeness (QED) is 0.540. The summed E-state index contributed by atoms with van der Waals surface area (Å²) in [6.45, 7) is 4.17. The predicted molar refractivity (Wildman–Crippen MR) is 116 cm³/mol. The Labute approximate surface area is 182 Å². The number of aliphatic hydroxyl groups is 1. The van der Waals surface area contributed by atoms with E-state index >= 15 is 0 Å². The van der Waals surface area contributed by atoms with Crippen LogP contribution in [-0.4, -0.2) is 55.3 Å². The van der Waals surface area contributed by atoms with Gasteiger partial charge in [0, 0.05) is 52.7 Å². The van der Waals surface area contributed by atoms with Crippen LogP contribution in [0.25, 0.3) is 10.9 Å². The van der Waals surface area contributed by atoms with Crippen LogP contribution in [0.2, 0.25) is 0 Å². The van der Waals surface area contributed by atoms with Gasteiger partial charge in [0.25, 0.3) is 11.8 Å². The van der Waals surface area contributed by atoms with E-state index in [1.807, 2.05) is 24.4 Å². The van der Waals surface area contributed by atoms with Crippen molar-refractivity contribution in [1.29, 1.82) is 0 Å². The fraction of sp³-hybridized carbons (Fsp3) is 0.381. The molecule has 158 valence electrons. The number of rotatable bonds is 4. The number of H-pyrrole nitrogens is 1. The van der Waals surface area contributed by atoms with Crippen LogP contribution < -0.4 is 5.32 Å². The number of hydrogen-bond acceptors (Lipinski definition) is 4. The molecule has 0 aliphatic carbocycles. The lowest BCUT2D eigenvalue weighted by molar-refractivity contribution is 0.0729. The van der Waals surface area contributed by atoms with Gasteiger partial charge in [0.1, 0.15) is 5.69 Å². The second kappa shape index (κ2) is 7.55. The number of halogens is 1. The van der Waals surface area contributed by atoms with Gasteiger partial charge >= 0.3 is 0 Å². The van der Waals surface area contributed by atoms with Gasteiger partial charge in [-0.1, -0.05) is 0 Å². The van der Waals surface area contributed by atoms with E-state index in [9.17, 15) is 14.7 Å². The number of aromatic nitrogens is 3. The molecule has 0 saturated heterocycles. The molecule has 0 spiro atoms. The molecule has 3 aromatic rings. The molecule has 3 N–H and O–H groups in total. The Morgan fingerprint density at radius 3 is 2.87 bits per heavy atom. The number of amides is 2. The highest BCUT2D eigenvalue weighted by Gasteiger charge is 2.31. The van der Waals surface area contributed by atoms with E-state index in [0.717, 1.165) is 26.6 Å². The molecule has 1 aliphatic heterocycles. The summed E-state index contributed by atoms with van der Waals surface area (Å²) in [5, 5.41) is 17.7. The Bertz CT molecular complexity index is 1150. The highest BCUT2D eigenvalue weighted by atomic mass is 79.9. The maximum atomic E-state index is 13.2. The van der Waals surface area contributed by atoms with Gasteiger partial charge in [-0.15, -0.1) is 0 Å². The van der Waals surface area contributed by atoms with Crippen LogP contribution in [0.1, 0.15) is 46.0 Å². The van der Waals surface area contributed by atoms with Gasteiger partial charge in [-0.2, -0.15) is 5.10 Å². The summed E-state index contributed by atoms with van der Waals surface area (Å²) in [5.74, 6) is -0.390. The SMILES string of the molecule is Cn1nc2c(c1C(=O)NC(C)(C)CO)CN(C(=O)c1ccc3[nH]cc(Br)c3c1)CC2. The second-order valence-electron chi connectivity index (χ2n) is 8.27. The summed E-state index contributed by atoms with van der Waals surface area (Å²) in [5.41, 5.74) is 2.81. The fourth-order valence-electron chi connectivity index (χ4n) is 3.77. The summed E-state index contributed by atoms with van der Waals surface area (Å²) < 4.78 is 2.47. The van der Waals surface area contributed by atoms with E-state index in [4.69, 9.17) is 0 Å². The number of nitrogens with one attached hydrogen (secondary N) is 2. The molecule has 0 unspecified atom stereocenters. The van der Waals surface area contributed by atoms with E-state index in [1.54, 1.807) is 30.5 Å². The lowest BCUT2D eigenvalue weighted by atomic mass is 10.0. The van der Waals surface area contributed by atoms with Crippen LogP contribution in [0, 0.1) is 0 Å². The first-order valence-corrected chi connectivity index (χ1v) is 10.5. The van der Waals surface area contributed by atoms with Crippen molar-refractivity contribution >= 4 is 38.6 Å². The van der Waals surface area contributed by atoms with Crippen molar-refractivity contribution in [3.8, 4) is 0 Å². The molecule has 1 aliphatic rings. The summed E-state index contributed by atoms with van der Waals surface area (Å²) >= 11 is 3.50. The number of aromatic amines is 1. The monoisotopic (exact) mass is 473 g/mol. The molecule has 2 amide bonds. The molecule has 0 fully saturated rings. The minimum Gasteiger partial charge on any atom is -0.394 e. The highest BCUT2D eigenvalue weighted by molar-refractivity contribution is 9.10. The summed E-state index contributed by atoms with van der Waals surface area (Å²) in [6, 6.07) is 5.57. The van der Waals surface area contributed by atoms with Crippen molar-refractivity contribution < 1.29 is 14.7 Å². The Balaban J connectivity index is 1.61. The Morgan fingerprint density at radius 2 is 2.13 bits per heavy atom. The molecule has 1 aromatic carbocycles. The first-order valence-electron chi connectivity index (χ1n) is 9.74. The van der Waals surface area contributed by atoms with E-state index < -0.39 is 5.54 Å². The third kappa shape index (κ3) is 3.63. The normalized spacial score (nSPS) is 14.1. The van der Waals surface area contributed by atoms with Crippen LogP contribution in [0.3, 0.4) is 0 Å². The molecule has 9 heteroatoms. The number of nitrogens with zero attached hydrogens (tertiary/aromatic N) is 3. The van der Waals surface area contributed by atoms with Crippen LogP contribution >= 0.6 is 15.9 Å². The van der Waals surface area contributed by atoms with Crippen LogP contribution in [0.5, 0.6) is 0 Å². The average Bonchev–Trinajstić information content (AvgIpc) is 3.25. The van der Waals surface area contributed by atoms with Crippen molar-refractivity contribution in [1.82, 2.24) is 25.0 Å². The van der Waals surface area contributed by atoms with Gasteiger partial charge in [0.05, 0.1) is 24.4 Å². The average molecular weight is 474 g/mol. The second-order valence-corrected chi connectivity index (χ2v) is 9.12. The van der Waals surface area contributed by atoms with E-state index in [1.165, 1.54) is 0 Å². The van der Waals surface area contributed by atoms with E-state index in [0.29, 0.717) is 30.8 Å². The van der Waals surface area contributed by atoms with Crippen LogP contribution in [-0.2, 0) is 20.0 Å². The maximum absolute atomic E-state index is 13.2. The Hall–Kier alpha value is -2.65. The van der Waals surface area contributed by atoms with Crippen molar-refractivity contribution in [2.24, 2.45) is 7.05 Å². The summed E-state index contributed by atoms with van der Waals surface area (Å²) in [6.07, 6.45) is 2.43. The zero-order chi connectivity index (χ0) is 21.6. The highest BCUT2D eigenvalue weighted by Crippen LogP contribution is 2.27. The van der Waals surface area contributed by atoms with Gasteiger partial charge < -0.3 is 20.3 Å². The van der Waals surface area contributed by atoms with Gasteiger partial charge in [-0.3, -0.25) is 14.3 Å². The summed E-state index contributed by atoms with van der Waals surface area (Å²) in [7, 11) is 1.72. The third-order valence-electron chi connectivity index (χ3n) is 5.42. The Kier molecular flexibility index (Phi) is 5.19. The molecule has 4 rings (SSSR count). The minimum absolute atomic E-state index is 0.0819. The number of carbonyl (C=O) groups excluding carboxylic acids is 2. The first kappa shape index (κ1) is 20.6. The number of benzene rings is 1. The maximum Gasteiger partial charge on any atom is 0.270 e. The molecule has 8 nitrogen and oxygen atoms in total. The van der Waals surface area contributed by atoms with Gasteiger partial charge in [0.2, 0.25) is 0 Å². The predicted octanol–water partition coefficient (Wildman–Crippen LogP) is 2.36.